The molecule has 2 aromatic rings. The highest BCUT2D eigenvalue weighted by atomic mass is 32.2. The Morgan fingerprint density at radius 2 is 1.52 bits per heavy atom. The van der Waals surface area contributed by atoms with Crippen LogP contribution in [0.25, 0.3) is 0 Å². The fourth-order valence-corrected chi connectivity index (χ4v) is 3.56. The summed E-state index contributed by atoms with van der Waals surface area (Å²) in [6.45, 7) is 1.92. The van der Waals surface area contributed by atoms with E-state index in [9.17, 15) is 8.42 Å². The molecule has 0 spiro atoms. The number of rotatable bonds is 6. The third kappa shape index (κ3) is 4.49. The maximum atomic E-state index is 12.2. The molecule has 0 fully saturated rings. The Bertz CT molecular complexity index is 667. The van der Waals surface area contributed by atoms with Crippen molar-refractivity contribution in [1.82, 2.24) is 0 Å². The van der Waals surface area contributed by atoms with Crippen LogP contribution in [-0.2, 0) is 10.0 Å². The van der Waals surface area contributed by atoms with Gasteiger partial charge in [-0.2, -0.15) is 0 Å². The first-order valence-electron chi connectivity index (χ1n) is 6.83. The van der Waals surface area contributed by atoms with Gasteiger partial charge < -0.3 is 5.32 Å². The Balaban J connectivity index is 2.04. The van der Waals surface area contributed by atoms with Crippen molar-refractivity contribution in [1.29, 1.82) is 0 Å². The fraction of sp³-hybridized carbons (Fsp3) is 0.250. The van der Waals surface area contributed by atoms with Crippen molar-refractivity contribution in [2.45, 2.75) is 12.8 Å². The highest BCUT2D eigenvalue weighted by Gasteiger charge is 2.17. The number of hydrogen-bond donors (Lipinski definition) is 2. The zero-order chi connectivity index (χ0) is 15.3. The van der Waals surface area contributed by atoms with Crippen LogP contribution >= 0.6 is 0 Å². The lowest BCUT2D eigenvalue weighted by Gasteiger charge is -2.14. The van der Waals surface area contributed by atoms with Gasteiger partial charge >= 0.3 is 0 Å². The summed E-state index contributed by atoms with van der Waals surface area (Å²) < 4.78 is 27.0. The molecule has 0 heterocycles. The molecule has 0 amide bonds. The van der Waals surface area contributed by atoms with Crippen LogP contribution in [-0.4, -0.2) is 21.2 Å². The standard InChI is InChI=1S/C16H20N2O2S/c1-13(14-6-4-3-5-7-14)12-21(19,20)18-16-10-8-15(17-2)9-11-16/h3-11,13,17-18H,12H2,1-2H3. The van der Waals surface area contributed by atoms with Gasteiger partial charge in [-0.15, -0.1) is 0 Å². The molecule has 2 aromatic carbocycles. The number of sulfonamides is 1. The molecule has 0 bridgehead atoms. The van der Waals surface area contributed by atoms with E-state index < -0.39 is 10.0 Å². The van der Waals surface area contributed by atoms with Gasteiger partial charge in [-0.05, 0) is 35.7 Å². The first kappa shape index (κ1) is 15.4. The Kier molecular flexibility index (Phi) is 4.85. The molecule has 2 rings (SSSR count). The van der Waals surface area contributed by atoms with Gasteiger partial charge in [-0.1, -0.05) is 37.3 Å². The minimum Gasteiger partial charge on any atom is -0.388 e. The molecule has 4 nitrogen and oxygen atoms in total. The molecule has 2 N–H and O–H groups in total. The van der Waals surface area contributed by atoms with Gasteiger partial charge in [-0.3, -0.25) is 4.72 Å². The van der Waals surface area contributed by atoms with Gasteiger partial charge in [0, 0.05) is 18.4 Å². The predicted molar refractivity (Wildman–Crippen MR) is 88.3 cm³/mol. The van der Waals surface area contributed by atoms with Gasteiger partial charge in [0.25, 0.3) is 0 Å². The number of nitrogens with one attached hydrogen (secondary N) is 2. The first-order chi connectivity index (χ1) is 10.00. The Morgan fingerprint density at radius 3 is 2.10 bits per heavy atom. The van der Waals surface area contributed by atoms with Crippen molar-refractivity contribution in [3.8, 4) is 0 Å². The Morgan fingerprint density at radius 1 is 0.952 bits per heavy atom. The topological polar surface area (TPSA) is 58.2 Å². The highest BCUT2D eigenvalue weighted by Crippen LogP contribution is 2.19. The van der Waals surface area contributed by atoms with E-state index in [2.05, 4.69) is 10.0 Å². The van der Waals surface area contributed by atoms with Gasteiger partial charge in [-0.25, -0.2) is 8.42 Å². The molecule has 0 radical (unpaired) electrons. The Hall–Kier alpha value is -2.01. The number of hydrogen-bond acceptors (Lipinski definition) is 3. The molecule has 0 aliphatic heterocycles. The minimum atomic E-state index is -3.37. The summed E-state index contributed by atoms with van der Waals surface area (Å²) in [5.41, 5.74) is 2.54. The lowest BCUT2D eigenvalue weighted by atomic mass is 10.0. The molecule has 0 saturated carbocycles. The van der Waals surface area contributed by atoms with Crippen LogP contribution in [0.2, 0.25) is 0 Å². The van der Waals surface area contributed by atoms with Crippen molar-refractivity contribution in [3.05, 3.63) is 60.2 Å². The van der Waals surface area contributed by atoms with Crippen LogP contribution in [0.1, 0.15) is 18.4 Å². The molecular formula is C16H20N2O2S. The van der Waals surface area contributed by atoms with Crippen molar-refractivity contribution in [3.63, 3.8) is 0 Å². The summed E-state index contributed by atoms with van der Waals surface area (Å²) in [6.07, 6.45) is 0. The van der Waals surface area contributed by atoms with Gasteiger partial charge in [0.05, 0.1) is 5.75 Å². The van der Waals surface area contributed by atoms with Crippen molar-refractivity contribution < 1.29 is 8.42 Å². The average molecular weight is 304 g/mol. The molecule has 0 saturated heterocycles. The van der Waals surface area contributed by atoms with Crippen LogP contribution < -0.4 is 10.0 Å². The second kappa shape index (κ2) is 6.63. The monoisotopic (exact) mass is 304 g/mol. The molecular weight excluding hydrogens is 284 g/mol. The van der Waals surface area contributed by atoms with E-state index in [1.807, 2.05) is 56.4 Å². The molecule has 1 unspecified atom stereocenters. The van der Waals surface area contributed by atoms with Gasteiger partial charge in [0.15, 0.2) is 0 Å². The molecule has 1 atom stereocenters. The zero-order valence-electron chi connectivity index (χ0n) is 12.2. The average Bonchev–Trinajstić information content (AvgIpc) is 2.48. The molecule has 0 aliphatic rings. The van der Waals surface area contributed by atoms with E-state index >= 15 is 0 Å². The summed E-state index contributed by atoms with van der Waals surface area (Å²) >= 11 is 0. The van der Waals surface area contributed by atoms with Gasteiger partial charge in [0.2, 0.25) is 10.0 Å². The van der Waals surface area contributed by atoms with E-state index in [-0.39, 0.29) is 11.7 Å². The number of anilines is 2. The smallest absolute Gasteiger partial charge is 0.233 e. The zero-order valence-corrected chi connectivity index (χ0v) is 13.0. The maximum absolute atomic E-state index is 12.2. The van der Waals surface area contributed by atoms with Crippen LogP contribution in [0, 0.1) is 0 Å². The van der Waals surface area contributed by atoms with Gasteiger partial charge in [0.1, 0.15) is 0 Å². The molecule has 112 valence electrons. The fourth-order valence-electron chi connectivity index (χ4n) is 2.13. The highest BCUT2D eigenvalue weighted by molar-refractivity contribution is 7.92. The molecule has 21 heavy (non-hydrogen) atoms. The predicted octanol–water partition coefficient (Wildman–Crippen LogP) is 3.27. The van der Waals surface area contributed by atoms with E-state index in [0.717, 1.165) is 11.3 Å². The third-order valence-electron chi connectivity index (χ3n) is 3.28. The summed E-state index contributed by atoms with van der Waals surface area (Å²) in [5.74, 6) is 0.00502. The maximum Gasteiger partial charge on any atom is 0.233 e. The van der Waals surface area contributed by atoms with Crippen LogP contribution in [0.3, 0.4) is 0 Å². The summed E-state index contributed by atoms with van der Waals surface area (Å²) in [5, 5.41) is 2.99. The molecule has 0 aromatic heterocycles. The second-order valence-electron chi connectivity index (χ2n) is 5.02. The summed E-state index contributed by atoms with van der Waals surface area (Å²) in [6, 6.07) is 16.8. The first-order valence-corrected chi connectivity index (χ1v) is 8.48. The quantitative estimate of drug-likeness (QED) is 0.861. The lowest BCUT2D eigenvalue weighted by Crippen LogP contribution is -2.20. The molecule has 5 heteroatoms. The Labute approximate surface area is 126 Å². The third-order valence-corrected chi connectivity index (χ3v) is 4.77. The number of benzene rings is 2. The summed E-state index contributed by atoms with van der Waals surface area (Å²) in [7, 11) is -1.55. The molecule has 0 aliphatic carbocycles. The van der Waals surface area contributed by atoms with Crippen molar-refractivity contribution in [2.75, 3.05) is 22.8 Å². The van der Waals surface area contributed by atoms with E-state index in [1.54, 1.807) is 12.1 Å². The van der Waals surface area contributed by atoms with Crippen LogP contribution in [0.4, 0.5) is 11.4 Å². The van der Waals surface area contributed by atoms with E-state index in [0.29, 0.717) is 5.69 Å². The summed E-state index contributed by atoms with van der Waals surface area (Å²) in [4.78, 5) is 0. The lowest BCUT2D eigenvalue weighted by molar-refractivity contribution is 0.595. The van der Waals surface area contributed by atoms with Crippen molar-refractivity contribution in [2.24, 2.45) is 0 Å². The minimum absolute atomic E-state index is 0.0553. The largest absolute Gasteiger partial charge is 0.388 e. The van der Waals surface area contributed by atoms with Crippen LogP contribution in [0.15, 0.2) is 54.6 Å². The van der Waals surface area contributed by atoms with E-state index in [1.165, 1.54) is 0 Å². The second-order valence-corrected chi connectivity index (χ2v) is 6.79. The normalized spacial score (nSPS) is 12.7. The van der Waals surface area contributed by atoms with E-state index in [4.69, 9.17) is 0 Å². The van der Waals surface area contributed by atoms with Crippen molar-refractivity contribution >= 4 is 21.4 Å². The SMILES string of the molecule is CNc1ccc(NS(=O)(=O)CC(C)c2ccccc2)cc1. The van der Waals surface area contributed by atoms with Crippen LogP contribution in [0.5, 0.6) is 0 Å².